The summed E-state index contributed by atoms with van der Waals surface area (Å²) in [6, 6.07) is 14.4. The second kappa shape index (κ2) is 6.70. The summed E-state index contributed by atoms with van der Waals surface area (Å²) in [5.41, 5.74) is 1.05. The van der Waals surface area contributed by atoms with Gasteiger partial charge in [0, 0.05) is 28.4 Å². The summed E-state index contributed by atoms with van der Waals surface area (Å²) in [6.07, 6.45) is -0.257. The van der Waals surface area contributed by atoms with E-state index in [2.05, 4.69) is 17.5 Å². The van der Waals surface area contributed by atoms with Crippen molar-refractivity contribution in [3.05, 3.63) is 64.5 Å². The molecule has 1 fully saturated rings. The molecule has 1 aromatic heterocycles. The third kappa shape index (κ3) is 3.20. The fourth-order valence-corrected chi connectivity index (χ4v) is 5.59. The zero-order valence-electron chi connectivity index (χ0n) is 13.3. The van der Waals surface area contributed by atoms with Crippen LogP contribution in [0, 0.1) is 0 Å². The molecule has 4 nitrogen and oxygen atoms in total. The van der Waals surface area contributed by atoms with Crippen LogP contribution in [-0.4, -0.2) is 32.4 Å². The molecular weight excluding hydrogens is 378 g/mol. The van der Waals surface area contributed by atoms with Crippen molar-refractivity contribution in [2.24, 2.45) is 0 Å². The maximum absolute atomic E-state index is 12.9. The molecule has 1 saturated heterocycles. The molecule has 0 saturated carbocycles. The molecule has 4 rings (SSSR count). The topological polar surface area (TPSA) is 46.6 Å². The van der Waals surface area contributed by atoms with Crippen molar-refractivity contribution >= 4 is 43.0 Å². The molecule has 130 valence electrons. The number of morpholine rings is 1. The third-order valence-electron chi connectivity index (χ3n) is 4.34. The van der Waals surface area contributed by atoms with Crippen molar-refractivity contribution in [1.82, 2.24) is 4.31 Å². The molecule has 3 aromatic rings. The van der Waals surface area contributed by atoms with Gasteiger partial charge in [0.15, 0.2) is 0 Å². The Morgan fingerprint density at radius 2 is 1.88 bits per heavy atom. The van der Waals surface area contributed by atoms with Gasteiger partial charge in [-0.15, -0.1) is 11.3 Å². The Bertz CT molecular complexity index is 999. The molecular formula is C18H16ClNO3S2. The zero-order valence-corrected chi connectivity index (χ0v) is 15.7. The van der Waals surface area contributed by atoms with Gasteiger partial charge in [-0.2, -0.15) is 4.31 Å². The largest absolute Gasteiger partial charge is 0.371 e. The lowest BCUT2D eigenvalue weighted by molar-refractivity contribution is -0.00154. The van der Waals surface area contributed by atoms with Crippen LogP contribution in [0.3, 0.4) is 0 Å². The van der Waals surface area contributed by atoms with Gasteiger partial charge in [0.05, 0.1) is 17.6 Å². The highest BCUT2D eigenvalue weighted by Crippen LogP contribution is 2.34. The molecule has 0 aliphatic carbocycles. The quantitative estimate of drug-likeness (QED) is 0.665. The minimum absolute atomic E-state index is 0.257. The zero-order chi connectivity index (χ0) is 17.4. The summed E-state index contributed by atoms with van der Waals surface area (Å²) in [5, 5.41) is 3.71. The van der Waals surface area contributed by atoms with Crippen LogP contribution in [0.2, 0.25) is 5.02 Å². The van der Waals surface area contributed by atoms with Gasteiger partial charge in [-0.1, -0.05) is 29.8 Å². The van der Waals surface area contributed by atoms with Gasteiger partial charge in [0.1, 0.15) is 0 Å². The Balaban J connectivity index is 1.63. The Morgan fingerprint density at radius 3 is 2.68 bits per heavy atom. The van der Waals surface area contributed by atoms with Crippen LogP contribution in [0.1, 0.15) is 11.7 Å². The highest BCUT2D eigenvalue weighted by Gasteiger charge is 2.32. The Hall–Kier alpha value is -1.44. The number of benzene rings is 2. The van der Waals surface area contributed by atoms with Crippen molar-refractivity contribution in [2.75, 3.05) is 19.7 Å². The molecule has 1 aliphatic rings. The minimum atomic E-state index is -3.56. The first-order valence-corrected chi connectivity index (χ1v) is 10.6. The smallest absolute Gasteiger partial charge is 0.243 e. The maximum atomic E-state index is 12.9. The van der Waals surface area contributed by atoms with Gasteiger partial charge < -0.3 is 4.74 Å². The number of hydrogen-bond donors (Lipinski definition) is 0. The number of halogens is 1. The number of hydrogen-bond acceptors (Lipinski definition) is 4. The summed E-state index contributed by atoms with van der Waals surface area (Å²) in [5.74, 6) is 0. The lowest BCUT2D eigenvalue weighted by atomic mass is 10.1. The van der Waals surface area contributed by atoms with Crippen molar-refractivity contribution in [1.29, 1.82) is 0 Å². The van der Waals surface area contributed by atoms with Crippen LogP contribution >= 0.6 is 22.9 Å². The van der Waals surface area contributed by atoms with E-state index in [0.29, 0.717) is 24.7 Å². The molecule has 0 unspecified atom stereocenters. The number of sulfonamides is 1. The molecule has 0 spiro atoms. The van der Waals surface area contributed by atoms with E-state index in [-0.39, 0.29) is 11.0 Å². The van der Waals surface area contributed by atoms with Crippen molar-refractivity contribution < 1.29 is 13.2 Å². The Labute approximate surface area is 155 Å². The van der Waals surface area contributed by atoms with Gasteiger partial charge in [-0.05, 0) is 41.1 Å². The number of nitrogens with zero attached hydrogens (tertiary/aromatic N) is 1. The predicted octanol–water partition coefficient (Wildman–Crippen LogP) is 4.32. The Kier molecular flexibility index (Phi) is 4.56. The van der Waals surface area contributed by atoms with Crippen LogP contribution in [0.15, 0.2) is 58.8 Å². The van der Waals surface area contributed by atoms with Gasteiger partial charge >= 0.3 is 0 Å². The molecule has 0 amide bonds. The first-order chi connectivity index (χ1) is 12.1. The molecule has 1 aliphatic heterocycles. The number of thiophene rings is 1. The number of rotatable bonds is 3. The summed E-state index contributed by atoms with van der Waals surface area (Å²) in [6.45, 7) is 1.04. The van der Waals surface area contributed by atoms with Gasteiger partial charge in [-0.25, -0.2) is 8.42 Å². The number of fused-ring (bicyclic) bond motifs is 1. The molecule has 0 radical (unpaired) electrons. The average molecular weight is 394 g/mol. The van der Waals surface area contributed by atoms with Crippen molar-refractivity contribution in [3.8, 4) is 0 Å². The van der Waals surface area contributed by atoms with Crippen molar-refractivity contribution in [3.63, 3.8) is 0 Å². The Morgan fingerprint density at radius 1 is 1.12 bits per heavy atom. The summed E-state index contributed by atoms with van der Waals surface area (Å²) >= 11 is 7.52. The molecule has 2 heterocycles. The van der Waals surface area contributed by atoms with E-state index in [9.17, 15) is 8.42 Å². The van der Waals surface area contributed by atoms with E-state index in [0.717, 1.165) is 10.9 Å². The van der Waals surface area contributed by atoms with Crippen molar-refractivity contribution in [2.45, 2.75) is 11.0 Å². The summed E-state index contributed by atoms with van der Waals surface area (Å²) < 4.78 is 34.4. The van der Waals surface area contributed by atoms with Gasteiger partial charge in [0.25, 0.3) is 0 Å². The average Bonchev–Trinajstić information content (AvgIpc) is 3.06. The van der Waals surface area contributed by atoms with Crippen LogP contribution in [0.5, 0.6) is 0 Å². The van der Waals surface area contributed by atoms with Crippen LogP contribution in [0.4, 0.5) is 0 Å². The number of ether oxygens (including phenoxy) is 1. The van der Waals surface area contributed by atoms with E-state index in [1.165, 1.54) is 9.01 Å². The van der Waals surface area contributed by atoms with Crippen LogP contribution in [-0.2, 0) is 14.8 Å². The van der Waals surface area contributed by atoms with Crippen LogP contribution in [0.25, 0.3) is 10.1 Å². The monoisotopic (exact) mass is 393 g/mol. The summed E-state index contributed by atoms with van der Waals surface area (Å²) in [4.78, 5) is 0.257. The second-order valence-corrected chi connectivity index (χ2v) is 9.15. The standard InChI is InChI=1S/C18H16ClNO3S2/c19-13-5-7-14(8-6-13)25(21,22)20-9-10-23-17(11-20)16-12-24-18-4-2-1-3-15(16)18/h1-8,12,17H,9-11H2/t17-/m0/s1. The first-order valence-electron chi connectivity index (χ1n) is 7.89. The van der Waals surface area contributed by atoms with E-state index in [1.807, 2.05) is 12.1 Å². The molecule has 2 aromatic carbocycles. The molecule has 7 heteroatoms. The predicted molar refractivity (Wildman–Crippen MR) is 101 cm³/mol. The molecule has 1 atom stereocenters. The fourth-order valence-electron chi connectivity index (χ4n) is 3.04. The van der Waals surface area contributed by atoms with Gasteiger partial charge in [0.2, 0.25) is 10.0 Å². The second-order valence-electron chi connectivity index (χ2n) is 5.86. The minimum Gasteiger partial charge on any atom is -0.371 e. The molecule has 0 bridgehead atoms. The van der Waals surface area contributed by atoms with E-state index in [1.54, 1.807) is 35.6 Å². The third-order valence-corrected chi connectivity index (χ3v) is 7.45. The van der Waals surface area contributed by atoms with Crippen LogP contribution < -0.4 is 0 Å². The highest BCUT2D eigenvalue weighted by atomic mass is 35.5. The lowest BCUT2D eigenvalue weighted by Gasteiger charge is -2.32. The lowest BCUT2D eigenvalue weighted by Crippen LogP contribution is -2.42. The van der Waals surface area contributed by atoms with E-state index in [4.69, 9.17) is 16.3 Å². The fraction of sp³-hybridized carbons (Fsp3) is 0.222. The van der Waals surface area contributed by atoms with E-state index >= 15 is 0 Å². The summed E-state index contributed by atoms with van der Waals surface area (Å²) in [7, 11) is -3.56. The molecule has 0 N–H and O–H groups in total. The highest BCUT2D eigenvalue weighted by molar-refractivity contribution is 7.89. The normalized spacial score (nSPS) is 19.3. The molecule has 25 heavy (non-hydrogen) atoms. The maximum Gasteiger partial charge on any atom is 0.243 e. The first kappa shape index (κ1) is 17.0. The van der Waals surface area contributed by atoms with Gasteiger partial charge in [-0.3, -0.25) is 0 Å². The SMILES string of the molecule is O=S(=O)(c1ccc(Cl)cc1)N1CCO[C@H](c2csc3ccccc23)C1. The van der Waals surface area contributed by atoms with E-state index < -0.39 is 10.0 Å².